The van der Waals surface area contributed by atoms with Crippen molar-refractivity contribution in [1.29, 1.82) is 0 Å². The molecule has 9 nitrogen and oxygen atoms in total. The number of ether oxygens (including phenoxy) is 1. The number of amides is 2. The van der Waals surface area contributed by atoms with E-state index in [-0.39, 0.29) is 31.1 Å². The number of carbonyl (C=O) groups excluding carboxylic acids is 4. The zero-order chi connectivity index (χ0) is 24.5. The van der Waals surface area contributed by atoms with Crippen LogP contribution >= 0.6 is 0 Å². The Hall–Kier alpha value is -3.62. The van der Waals surface area contributed by atoms with Crippen molar-refractivity contribution in [3.05, 3.63) is 59.7 Å². The summed E-state index contributed by atoms with van der Waals surface area (Å²) in [5.41, 5.74) is 1.42. The molecule has 0 spiro atoms. The van der Waals surface area contributed by atoms with E-state index in [4.69, 9.17) is 4.74 Å². The van der Waals surface area contributed by atoms with Gasteiger partial charge in [-0.25, -0.2) is 14.8 Å². The number of fused-ring (bicyclic) bond motifs is 2. The molecule has 0 aliphatic carbocycles. The summed E-state index contributed by atoms with van der Waals surface area (Å²) in [5.74, 6) is -2.22. The summed E-state index contributed by atoms with van der Waals surface area (Å²) in [6.07, 6.45) is 2.02. The maximum absolute atomic E-state index is 13.2. The van der Waals surface area contributed by atoms with E-state index in [1.54, 1.807) is 26.1 Å². The molecule has 2 amide bonds. The van der Waals surface area contributed by atoms with Crippen LogP contribution in [-0.2, 0) is 38.6 Å². The summed E-state index contributed by atoms with van der Waals surface area (Å²) in [7, 11) is 0. The highest BCUT2D eigenvalue weighted by molar-refractivity contribution is 6.37. The molecule has 0 saturated carbocycles. The molecule has 2 bridgehead atoms. The summed E-state index contributed by atoms with van der Waals surface area (Å²) in [6.45, 7) is 3.98. The SMILES string of the molecule is CC(C)C(NC(=O)OCc1ccccc1)C(=O)CC1Cc2ccnc(n2)CCCNC(=O)C1=O. The first-order chi connectivity index (χ1) is 16.3. The number of hydrogen-bond donors (Lipinski definition) is 2. The number of alkyl carbamates (subject to hydrolysis) is 1. The van der Waals surface area contributed by atoms with Crippen LogP contribution in [0, 0.1) is 11.8 Å². The van der Waals surface area contributed by atoms with Gasteiger partial charge in [-0.15, -0.1) is 0 Å². The van der Waals surface area contributed by atoms with Crippen LogP contribution in [0.1, 0.15) is 43.8 Å². The Labute approximate surface area is 198 Å². The second-order valence-corrected chi connectivity index (χ2v) is 8.69. The van der Waals surface area contributed by atoms with Crippen molar-refractivity contribution in [2.45, 2.75) is 52.2 Å². The highest BCUT2D eigenvalue weighted by atomic mass is 16.5. The quantitative estimate of drug-likeness (QED) is 0.599. The Morgan fingerprint density at radius 3 is 2.68 bits per heavy atom. The van der Waals surface area contributed by atoms with E-state index < -0.39 is 29.7 Å². The number of nitrogens with zero attached hydrogens (tertiary/aromatic N) is 2. The van der Waals surface area contributed by atoms with Crippen molar-refractivity contribution >= 4 is 23.6 Å². The Morgan fingerprint density at radius 1 is 1.18 bits per heavy atom. The maximum Gasteiger partial charge on any atom is 0.408 e. The molecule has 0 saturated heterocycles. The minimum absolute atomic E-state index is 0.0724. The molecule has 0 fully saturated rings. The molecule has 1 aromatic carbocycles. The number of aromatic nitrogens is 2. The molecular formula is C25H30N4O5. The fourth-order valence-corrected chi connectivity index (χ4v) is 3.79. The molecule has 2 heterocycles. The molecule has 0 radical (unpaired) electrons. The topological polar surface area (TPSA) is 127 Å². The van der Waals surface area contributed by atoms with Crippen molar-refractivity contribution in [1.82, 2.24) is 20.6 Å². The summed E-state index contributed by atoms with van der Waals surface area (Å²) in [4.78, 5) is 59.5. The molecule has 1 aliphatic rings. The number of Topliss-reactive ketones (excluding diaryl/α,β-unsaturated/α-hetero) is 2. The van der Waals surface area contributed by atoms with Gasteiger partial charge in [0, 0.05) is 43.6 Å². The van der Waals surface area contributed by atoms with Gasteiger partial charge in [0.15, 0.2) is 5.78 Å². The van der Waals surface area contributed by atoms with Gasteiger partial charge in [0.1, 0.15) is 12.4 Å². The van der Waals surface area contributed by atoms with Crippen molar-refractivity contribution in [3.8, 4) is 0 Å². The van der Waals surface area contributed by atoms with Crippen LogP contribution in [0.5, 0.6) is 0 Å². The fourth-order valence-electron chi connectivity index (χ4n) is 3.79. The molecule has 2 atom stereocenters. The molecule has 1 aliphatic heterocycles. The van der Waals surface area contributed by atoms with Gasteiger partial charge < -0.3 is 15.4 Å². The Morgan fingerprint density at radius 2 is 1.94 bits per heavy atom. The van der Waals surface area contributed by atoms with Gasteiger partial charge in [0.05, 0.1) is 6.04 Å². The van der Waals surface area contributed by atoms with Crippen molar-refractivity contribution in [3.63, 3.8) is 0 Å². The highest BCUT2D eigenvalue weighted by Gasteiger charge is 2.33. The molecule has 3 rings (SSSR count). The zero-order valence-corrected chi connectivity index (χ0v) is 19.5. The third-order valence-electron chi connectivity index (χ3n) is 5.62. The number of nitrogens with one attached hydrogen (secondary N) is 2. The number of carbonyl (C=O) groups is 4. The van der Waals surface area contributed by atoms with Crippen molar-refractivity contribution < 1.29 is 23.9 Å². The van der Waals surface area contributed by atoms with Gasteiger partial charge in [-0.1, -0.05) is 44.2 Å². The van der Waals surface area contributed by atoms with Crippen LogP contribution in [0.15, 0.2) is 42.6 Å². The van der Waals surface area contributed by atoms with Gasteiger partial charge in [-0.3, -0.25) is 14.4 Å². The summed E-state index contributed by atoms with van der Waals surface area (Å²) >= 11 is 0. The average Bonchev–Trinajstić information content (AvgIpc) is 2.84. The number of rotatable bonds is 7. The van der Waals surface area contributed by atoms with E-state index in [2.05, 4.69) is 20.6 Å². The standard InChI is InChI=1S/C25H30N4O5/c1-16(2)22(29-25(33)34-15-17-7-4-3-5-8-17)20(30)14-18-13-19-10-12-26-21(28-19)9-6-11-27-24(32)23(18)31/h3-5,7-8,10,12,16,18,22H,6,9,11,13-15H2,1-2H3,(H,27,32)(H,29,33). The van der Waals surface area contributed by atoms with Crippen LogP contribution in [0.3, 0.4) is 0 Å². The minimum atomic E-state index is -0.892. The van der Waals surface area contributed by atoms with Crippen LogP contribution in [0.25, 0.3) is 0 Å². The van der Waals surface area contributed by atoms with E-state index in [1.165, 1.54) is 0 Å². The second kappa shape index (κ2) is 12.0. The molecule has 9 heteroatoms. The lowest BCUT2D eigenvalue weighted by molar-refractivity contribution is -0.141. The van der Waals surface area contributed by atoms with Crippen LogP contribution in [0.4, 0.5) is 4.79 Å². The molecule has 180 valence electrons. The predicted octanol–water partition coefficient (Wildman–Crippen LogP) is 2.18. The monoisotopic (exact) mass is 466 g/mol. The first kappa shape index (κ1) is 25.0. The van der Waals surface area contributed by atoms with Gasteiger partial charge >= 0.3 is 6.09 Å². The number of benzene rings is 1. The van der Waals surface area contributed by atoms with Crippen molar-refractivity contribution in [2.24, 2.45) is 11.8 Å². The Balaban J connectivity index is 1.69. The number of aryl methyl sites for hydroxylation is 1. The predicted molar refractivity (Wildman–Crippen MR) is 124 cm³/mol. The lowest BCUT2D eigenvalue weighted by Crippen LogP contribution is -2.46. The van der Waals surface area contributed by atoms with Gasteiger partial charge in [-0.05, 0) is 24.0 Å². The lowest BCUT2D eigenvalue weighted by atomic mass is 9.87. The third kappa shape index (κ3) is 7.19. The van der Waals surface area contributed by atoms with E-state index >= 15 is 0 Å². The van der Waals surface area contributed by atoms with Crippen LogP contribution < -0.4 is 10.6 Å². The van der Waals surface area contributed by atoms with E-state index in [1.807, 2.05) is 30.3 Å². The van der Waals surface area contributed by atoms with Crippen LogP contribution in [0.2, 0.25) is 0 Å². The van der Waals surface area contributed by atoms with Crippen molar-refractivity contribution in [2.75, 3.05) is 6.54 Å². The molecule has 2 aromatic rings. The normalized spacial score (nSPS) is 17.3. The Bertz CT molecular complexity index is 1020. The van der Waals surface area contributed by atoms with Gasteiger partial charge in [-0.2, -0.15) is 0 Å². The third-order valence-corrected chi connectivity index (χ3v) is 5.62. The van der Waals surface area contributed by atoms with Crippen LogP contribution in [-0.4, -0.2) is 46.1 Å². The molecule has 34 heavy (non-hydrogen) atoms. The van der Waals surface area contributed by atoms with Gasteiger partial charge in [0.2, 0.25) is 5.78 Å². The Kier molecular flexibility index (Phi) is 8.84. The summed E-state index contributed by atoms with van der Waals surface area (Å²) < 4.78 is 5.25. The minimum Gasteiger partial charge on any atom is -0.445 e. The maximum atomic E-state index is 13.2. The smallest absolute Gasteiger partial charge is 0.408 e. The van der Waals surface area contributed by atoms with E-state index in [9.17, 15) is 19.2 Å². The van der Waals surface area contributed by atoms with Gasteiger partial charge in [0.25, 0.3) is 5.91 Å². The first-order valence-electron chi connectivity index (χ1n) is 11.5. The molecular weight excluding hydrogens is 436 g/mol. The van der Waals surface area contributed by atoms with E-state index in [0.717, 1.165) is 5.56 Å². The molecule has 1 aromatic heterocycles. The lowest BCUT2D eigenvalue weighted by Gasteiger charge is -2.23. The molecule has 2 unspecified atom stereocenters. The zero-order valence-electron chi connectivity index (χ0n) is 19.5. The molecule has 2 N–H and O–H groups in total. The average molecular weight is 467 g/mol. The largest absolute Gasteiger partial charge is 0.445 e. The highest BCUT2D eigenvalue weighted by Crippen LogP contribution is 2.18. The van der Waals surface area contributed by atoms with E-state index in [0.29, 0.717) is 30.9 Å². The summed E-state index contributed by atoms with van der Waals surface area (Å²) in [5, 5.41) is 5.23. The first-order valence-corrected chi connectivity index (χ1v) is 11.5. The second-order valence-electron chi connectivity index (χ2n) is 8.69. The number of ketones is 2. The fraction of sp³-hybridized carbons (Fsp3) is 0.440. The number of hydrogen-bond acceptors (Lipinski definition) is 7. The summed E-state index contributed by atoms with van der Waals surface area (Å²) in [6, 6.07) is 10.0.